The number of alkyl halides is 6. The van der Waals surface area contributed by atoms with E-state index in [9.17, 15) is 35.9 Å². The van der Waals surface area contributed by atoms with Crippen molar-refractivity contribution in [3.63, 3.8) is 0 Å². The van der Waals surface area contributed by atoms with Crippen LogP contribution >= 0.6 is 0 Å². The predicted molar refractivity (Wildman–Crippen MR) is 174 cm³/mol. The molecule has 3 atom stereocenters. The smallest absolute Gasteiger partial charge is 0.342 e. The summed E-state index contributed by atoms with van der Waals surface area (Å²) in [6.07, 6.45) is 2.24. The number of benzene rings is 2. The molecule has 0 radical (unpaired) electrons. The summed E-state index contributed by atoms with van der Waals surface area (Å²) in [6, 6.07) is 10.2. The predicted octanol–water partition coefficient (Wildman–Crippen LogP) is 6.68. The summed E-state index contributed by atoms with van der Waals surface area (Å²) >= 11 is 0. The molecular formula is C37H42F6N4O2. The molecule has 2 amide bonds. The van der Waals surface area contributed by atoms with Crippen molar-refractivity contribution in [3.8, 4) is 0 Å². The summed E-state index contributed by atoms with van der Waals surface area (Å²) in [6.45, 7) is 5.49. The van der Waals surface area contributed by atoms with Crippen molar-refractivity contribution in [2.45, 2.75) is 63.0 Å². The first-order chi connectivity index (χ1) is 23.3. The highest BCUT2D eigenvalue weighted by atomic mass is 19.4. The zero-order chi connectivity index (χ0) is 34.8. The molecule has 6 nitrogen and oxygen atoms in total. The quantitative estimate of drug-likeness (QED) is 0.305. The van der Waals surface area contributed by atoms with Crippen LogP contribution in [-0.2, 0) is 23.6 Å². The average Bonchev–Trinajstić information content (AvgIpc) is 3.63. The van der Waals surface area contributed by atoms with Gasteiger partial charge in [-0.15, -0.1) is 0 Å². The summed E-state index contributed by atoms with van der Waals surface area (Å²) in [4.78, 5) is 35.6. The number of likely N-dealkylation sites (tertiary alicyclic amines) is 2. The Labute approximate surface area is 283 Å². The Bertz CT molecular complexity index is 1510. The summed E-state index contributed by atoms with van der Waals surface area (Å²) in [7, 11) is 0. The van der Waals surface area contributed by atoms with Gasteiger partial charge in [0, 0.05) is 70.0 Å². The molecule has 1 aliphatic carbocycles. The lowest BCUT2D eigenvalue weighted by molar-refractivity contribution is -0.143. The van der Waals surface area contributed by atoms with Gasteiger partial charge in [-0.05, 0) is 62.3 Å². The molecule has 3 unspecified atom stereocenters. The van der Waals surface area contributed by atoms with Crippen LogP contribution < -0.4 is 0 Å². The van der Waals surface area contributed by atoms with Gasteiger partial charge in [-0.25, -0.2) is 0 Å². The number of hydrogen-bond donors (Lipinski definition) is 0. The van der Waals surface area contributed by atoms with E-state index in [1.54, 1.807) is 0 Å². The summed E-state index contributed by atoms with van der Waals surface area (Å²) in [5.41, 5.74) is -3.26. The topological polar surface area (TPSA) is 47.1 Å². The number of hydrogen-bond acceptors (Lipinski definition) is 4. The van der Waals surface area contributed by atoms with Crippen molar-refractivity contribution >= 4 is 11.8 Å². The first kappa shape index (κ1) is 35.2. The van der Waals surface area contributed by atoms with E-state index in [0.29, 0.717) is 44.4 Å². The Hall–Kier alpha value is -3.64. The van der Waals surface area contributed by atoms with Gasteiger partial charge in [0.25, 0.3) is 5.91 Å². The number of nitrogens with zero attached hydrogens (tertiary/aromatic N) is 4. The highest BCUT2D eigenvalue weighted by molar-refractivity contribution is 5.95. The largest absolute Gasteiger partial charge is 0.416 e. The van der Waals surface area contributed by atoms with Crippen LogP contribution in [0.3, 0.4) is 0 Å². The van der Waals surface area contributed by atoms with Crippen LogP contribution in [0.2, 0.25) is 0 Å². The number of halogens is 6. The highest BCUT2D eigenvalue weighted by Gasteiger charge is 2.43. The van der Waals surface area contributed by atoms with Gasteiger partial charge in [0.05, 0.1) is 16.5 Å². The van der Waals surface area contributed by atoms with E-state index in [1.165, 1.54) is 4.90 Å². The SMILES string of the molecule is O=C(c1cc(C(F)(F)F)cc(C(F)(F)F)c1)N1CCC(N2CCN(CC3(C(=O)N4CCCC4)C=CC=CC3)CC2)CC1Cc1ccccc1. The van der Waals surface area contributed by atoms with E-state index >= 15 is 0 Å². The molecule has 0 bridgehead atoms. The molecule has 3 aliphatic heterocycles. The minimum atomic E-state index is -5.04. The molecule has 49 heavy (non-hydrogen) atoms. The van der Waals surface area contributed by atoms with Gasteiger partial charge in [-0.2, -0.15) is 26.3 Å². The molecule has 12 heteroatoms. The molecule has 6 rings (SSSR count). The highest BCUT2D eigenvalue weighted by Crippen LogP contribution is 2.38. The van der Waals surface area contributed by atoms with Gasteiger partial charge in [-0.3, -0.25) is 19.4 Å². The van der Waals surface area contributed by atoms with Crippen molar-refractivity contribution in [2.75, 3.05) is 52.4 Å². The van der Waals surface area contributed by atoms with Crippen LogP contribution in [0.5, 0.6) is 0 Å². The fraction of sp³-hybridized carbons (Fsp3) is 0.514. The van der Waals surface area contributed by atoms with Crippen LogP contribution in [-0.4, -0.2) is 95.9 Å². The molecule has 0 aromatic heterocycles. The Morgan fingerprint density at radius 2 is 1.45 bits per heavy atom. The second kappa shape index (κ2) is 14.3. The Morgan fingerprint density at radius 3 is 2.04 bits per heavy atom. The molecule has 0 spiro atoms. The zero-order valence-corrected chi connectivity index (χ0v) is 27.4. The third kappa shape index (κ3) is 8.06. The zero-order valence-electron chi connectivity index (χ0n) is 27.4. The average molecular weight is 689 g/mol. The van der Waals surface area contributed by atoms with Crippen LogP contribution in [0.4, 0.5) is 26.3 Å². The van der Waals surface area contributed by atoms with Crippen molar-refractivity contribution in [1.29, 1.82) is 0 Å². The fourth-order valence-corrected chi connectivity index (χ4v) is 7.88. The first-order valence-electron chi connectivity index (χ1n) is 17.1. The molecule has 0 saturated carbocycles. The van der Waals surface area contributed by atoms with Crippen LogP contribution in [0, 0.1) is 5.41 Å². The molecule has 2 aromatic rings. The van der Waals surface area contributed by atoms with Gasteiger partial charge < -0.3 is 9.80 Å². The van der Waals surface area contributed by atoms with Crippen LogP contribution in [0.25, 0.3) is 0 Å². The lowest BCUT2D eigenvalue weighted by atomic mass is 9.79. The summed E-state index contributed by atoms with van der Waals surface area (Å²) < 4.78 is 81.8. The van der Waals surface area contributed by atoms with Gasteiger partial charge in [0.1, 0.15) is 0 Å². The number of allylic oxidation sites excluding steroid dienone is 3. The first-order valence-corrected chi connectivity index (χ1v) is 17.1. The van der Waals surface area contributed by atoms with Crippen molar-refractivity contribution in [3.05, 3.63) is 95.1 Å². The van der Waals surface area contributed by atoms with Crippen molar-refractivity contribution < 1.29 is 35.9 Å². The maximum absolute atomic E-state index is 13.8. The van der Waals surface area contributed by atoms with E-state index in [0.717, 1.165) is 57.7 Å². The van der Waals surface area contributed by atoms with E-state index in [-0.39, 0.29) is 24.6 Å². The molecule has 3 fully saturated rings. The maximum atomic E-state index is 13.8. The van der Waals surface area contributed by atoms with Gasteiger partial charge >= 0.3 is 12.4 Å². The van der Waals surface area contributed by atoms with Crippen LogP contribution in [0.15, 0.2) is 72.8 Å². The number of piperidine rings is 1. The molecule has 0 N–H and O–H groups in total. The second-order valence-corrected chi connectivity index (χ2v) is 13.8. The summed E-state index contributed by atoms with van der Waals surface area (Å²) in [5, 5.41) is 0. The molecule has 3 heterocycles. The number of rotatable bonds is 7. The Morgan fingerprint density at radius 1 is 0.796 bits per heavy atom. The Kier molecular flexibility index (Phi) is 10.3. The minimum absolute atomic E-state index is 0.0511. The second-order valence-electron chi connectivity index (χ2n) is 13.8. The molecule has 4 aliphatic rings. The number of carbonyl (C=O) groups excluding carboxylic acids is 2. The minimum Gasteiger partial charge on any atom is -0.342 e. The van der Waals surface area contributed by atoms with Gasteiger partial charge in [0.2, 0.25) is 5.91 Å². The number of carbonyl (C=O) groups is 2. The normalized spacial score (nSPS) is 25.6. The van der Waals surface area contributed by atoms with E-state index in [1.807, 2.05) is 47.4 Å². The maximum Gasteiger partial charge on any atom is 0.416 e. The number of amides is 2. The molecular weight excluding hydrogens is 646 g/mol. The van der Waals surface area contributed by atoms with Gasteiger partial charge in [-0.1, -0.05) is 54.6 Å². The third-order valence-electron chi connectivity index (χ3n) is 10.5. The van der Waals surface area contributed by atoms with Crippen molar-refractivity contribution in [1.82, 2.24) is 19.6 Å². The van der Waals surface area contributed by atoms with Crippen molar-refractivity contribution in [2.24, 2.45) is 5.41 Å². The third-order valence-corrected chi connectivity index (χ3v) is 10.5. The lowest BCUT2D eigenvalue weighted by Gasteiger charge is -2.47. The van der Waals surface area contributed by atoms with E-state index in [2.05, 4.69) is 22.0 Å². The monoisotopic (exact) mass is 688 g/mol. The summed E-state index contributed by atoms with van der Waals surface area (Å²) in [5.74, 6) is -0.639. The standard InChI is InChI=1S/C37H42F6N4O2/c38-36(39,40)29-22-28(23-30(24-29)37(41,42)43)33(48)47-16-11-31(25-32(47)21-27-9-3-1-4-10-27)45-19-17-44(18-20-45)26-35(12-5-2-6-13-35)34(49)46-14-7-8-15-46/h1-6,9-10,12,22-24,31-32H,7-8,11,13-21,25-26H2. The lowest BCUT2D eigenvalue weighted by Crippen LogP contribution is -2.58. The molecule has 3 saturated heterocycles. The Balaban J connectivity index is 1.16. The molecule has 264 valence electrons. The van der Waals surface area contributed by atoms with Gasteiger partial charge in [0.15, 0.2) is 0 Å². The number of piperazine rings is 1. The fourth-order valence-electron chi connectivity index (χ4n) is 7.88. The van der Waals surface area contributed by atoms with E-state index in [4.69, 9.17) is 0 Å². The van der Waals surface area contributed by atoms with Crippen LogP contribution in [0.1, 0.15) is 59.2 Å². The van der Waals surface area contributed by atoms with E-state index < -0.39 is 46.4 Å². The molecule has 2 aromatic carbocycles.